The normalized spacial score (nSPS) is 30.0. The van der Waals surface area contributed by atoms with Crippen LogP contribution < -0.4 is 0 Å². The predicted molar refractivity (Wildman–Crippen MR) is 43.6 cm³/mol. The maximum Gasteiger partial charge on any atom is 0.303 e. The summed E-state index contributed by atoms with van der Waals surface area (Å²) in [6.45, 7) is 3.41. The molecule has 0 bridgehead atoms. The largest absolute Gasteiger partial charge is 0.455 e. The van der Waals surface area contributed by atoms with Crippen molar-refractivity contribution >= 4 is 11.8 Å². The quantitative estimate of drug-likeness (QED) is 0.557. The van der Waals surface area contributed by atoms with Crippen molar-refractivity contribution in [2.45, 2.75) is 39.2 Å². The minimum Gasteiger partial charge on any atom is -0.455 e. The molecule has 0 saturated heterocycles. The predicted octanol–water partition coefficient (Wildman–Crippen LogP) is 1.31. The number of carbonyl (C=O) groups is 2. The molecule has 68 valence electrons. The lowest BCUT2D eigenvalue weighted by Crippen LogP contribution is -2.32. The van der Waals surface area contributed by atoms with Crippen molar-refractivity contribution in [2.24, 2.45) is 5.92 Å². The molecule has 0 aromatic carbocycles. The van der Waals surface area contributed by atoms with Crippen LogP contribution in [-0.2, 0) is 14.3 Å². The Hall–Kier alpha value is -0.860. The molecule has 3 nitrogen and oxygen atoms in total. The number of hydrogen-bond donors (Lipinski definition) is 0. The minimum atomic E-state index is -0.466. The van der Waals surface area contributed by atoms with Crippen LogP contribution in [0.25, 0.3) is 0 Å². The van der Waals surface area contributed by atoms with Gasteiger partial charge in [0.05, 0.1) is 0 Å². The molecule has 2 atom stereocenters. The first-order chi connectivity index (χ1) is 5.59. The number of ketones is 1. The van der Waals surface area contributed by atoms with Gasteiger partial charge in [-0.1, -0.05) is 6.92 Å². The monoisotopic (exact) mass is 170 g/mol. The molecule has 2 unspecified atom stereocenters. The summed E-state index contributed by atoms with van der Waals surface area (Å²) in [5, 5.41) is 0. The molecule has 3 heteroatoms. The van der Waals surface area contributed by atoms with Crippen molar-refractivity contribution in [3.8, 4) is 0 Å². The third-order valence-corrected chi connectivity index (χ3v) is 2.17. The molecule has 0 spiro atoms. The van der Waals surface area contributed by atoms with Gasteiger partial charge in [-0.15, -0.1) is 0 Å². The van der Waals surface area contributed by atoms with Gasteiger partial charge in [-0.25, -0.2) is 0 Å². The summed E-state index contributed by atoms with van der Waals surface area (Å²) in [4.78, 5) is 21.8. The highest BCUT2D eigenvalue weighted by Crippen LogP contribution is 2.23. The lowest BCUT2D eigenvalue weighted by molar-refractivity contribution is -0.155. The van der Waals surface area contributed by atoms with Gasteiger partial charge in [-0.3, -0.25) is 9.59 Å². The summed E-state index contributed by atoms with van der Waals surface area (Å²) in [5.41, 5.74) is 0. The fourth-order valence-electron chi connectivity index (χ4n) is 1.48. The van der Waals surface area contributed by atoms with Gasteiger partial charge in [-0.05, 0) is 18.8 Å². The van der Waals surface area contributed by atoms with Crippen LogP contribution in [0.3, 0.4) is 0 Å². The van der Waals surface area contributed by atoms with Gasteiger partial charge < -0.3 is 4.74 Å². The van der Waals surface area contributed by atoms with E-state index in [1.165, 1.54) is 6.92 Å². The van der Waals surface area contributed by atoms with Gasteiger partial charge in [0.25, 0.3) is 0 Å². The number of ether oxygens (including phenoxy) is 1. The number of esters is 1. The molecule has 1 rings (SSSR count). The third-order valence-electron chi connectivity index (χ3n) is 2.17. The molecule has 0 heterocycles. The van der Waals surface area contributed by atoms with Crippen LogP contribution in [0.1, 0.15) is 33.1 Å². The van der Waals surface area contributed by atoms with E-state index < -0.39 is 6.10 Å². The average molecular weight is 170 g/mol. The second-order valence-electron chi connectivity index (χ2n) is 3.44. The molecule has 0 radical (unpaired) electrons. The molecule has 0 amide bonds. The van der Waals surface area contributed by atoms with Crippen LogP contribution in [0.5, 0.6) is 0 Å². The van der Waals surface area contributed by atoms with Crippen LogP contribution in [0.2, 0.25) is 0 Å². The smallest absolute Gasteiger partial charge is 0.303 e. The minimum absolute atomic E-state index is 0.0725. The SMILES string of the molecule is CC(=O)OC1CC(C)CCC1=O. The van der Waals surface area contributed by atoms with E-state index in [1.54, 1.807) is 0 Å². The first-order valence-electron chi connectivity index (χ1n) is 4.29. The fraction of sp³-hybridized carbons (Fsp3) is 0.778. The van der Waals surface area contributed by atoms with Crippen molar-refractivity contribution in [3.63, 3.8) is 0 Å². The van der Waals surface area contributed by atoms with Gasteiger partial charge in [0.2, 0.25) is 0 Å². The number of rotatable bonds is 1. The molecule has 0 aromatic heterocycles. The van der Waals surface area contributed by atoms with Crippen LogP contribution in [0.15, 0.2) is 0 Å². The molecule has 0 aromatic rings. The number of Topliss-reactive ketones (excluding diaryl/α,β-unsaturated/α-hetero) is 1. The Kier molecular flexibility index (Phi) is 2.84. The lowest BCUT2D eigenvalue weighted by atomic mass is 9.88. The first kappa shape index (κ1) is 9.23. The highest BCUT2D eigenvalue weighted by molar-refractivity contribution is 5.85. The summed E-state index contributed by atoms with van der Waals surface area (Å²) < 4.78 is 4.89. The van der Waals surface area contributed by atoms with E-state index in [0.29, 0.717) is 18.8 Å². The van der Waals surface area contributed by atoms with Crippen molar-refractivity contribution in [2.75, 3.05) is 0 Å². The summed E-state index contributed by atoms with van der Waals surface area (Å²) in [6, 6.07) is 0. The first-order valence-corrected chi connectivity index (χ1v) is 4.29. The molecule has 1 aliphatic rings. The summed E-state index contributed by atoms with van der Waals surface area (Å²) in [5.74, 6) is 0.206. The second-order valence-corrected chi connectivity index (χ2v) is 3.44. The van der Waals surface area contributed by atoms with E-state index >= 15 is 0 Å². The Labute approximate surface area is 72.1 Å². The van der Waals surface area contributed by atoms with Crippen molar-refractivity contribution in [1.29, 1.82) is 0 Å². The summed E-state index contributed by atoms with van der Waals surface area (Å²) >= 11 is 0. The lowest BCUT2D eigenvalue weighted by Gasteiger charge is -2.24. The zero-order chi connectivity index (χ0) is 9.14. The van der Waals surface area contributed by atoms with E-state index in [0.717, 1.165) is 6.42 Å². The summed E-state index contributed by atoms with van der Waals surface area (Å²) in [6.07, 6.45) is 1.71. The van der Waals surface area contributed by atoms with E-state index in [1.807, 2.05) is 0 Å². The molecule has 1 fully saturated rings. The average Bonchev–Trinajstić information content (AvgIpc) is 1.96. The van der Waals surface area contributed by atoms with Gasteiger partial charge in [0.15, 0.2) is 11.9 Å². The Balaban J connectivity index is 2.49. The van der Waals surface area contributed by atoms with Crippen molar-refractivity contribution in [1.82, 2.24) is 0 Å². The third kappa shape index (κ3) is 2.32. The number of hydrogen-bond acceptors (Lipinski definition) is 3. The molecular formula is C9H14O3. The van der Waals surface area contributed by atoms with Crippen LogP contribution in [-0.4, -0.2) is 17.9 Å². The number of carbonyl (C=O) groups excluding carboxylic acids is 2. The van der Waals surface area contributed by atoms with Gasteiger partial charge >= 0.3 is 5.97 Å². The standard InChI is InChI=1S/C9H14O3/c1-6-3-4-8(11)9(5-6)12-7(2)10/h6,9H,3-5H2,1-2H3. The van der Waals surface area contributed by atoms with E-state index in [4.69, 9.17) is 4.74 Å². The molecular weight excluding hydrogens is 156 g/mol. The second kappa shape index (κ2) is 3.70. The molecule has 0 N–H and O–H groups in total. The van der Waals surface area contributed by atoms with Gasteiger partial charge in [-0.2, -0.15) is 0 Å². The highest BCUT2D eigenvalue weighted by Gasteiger charge is 2.28. The van der Waals surface area contributed by atoms with E-state index in [2.05, 4.69) is 6.92 Å². The van der Waals surface area contributed by atoms with Crippen molar-refractivity contribution < 1.29 is 14.3 Å². The van der Waals surface area contributed by atoms with Crippen molar-refractivity contribution in [3.05, 3.63) is 0 Å². The maximum absolute atomic E-state index is 11.2. The van der Waals surface area contributed by atoms with Crippen LogP contribution >= 0.6 is 0 Å². The Morgan fingerprint density at radius 1 is 1.58 bits per heavy atom. The Morgan fingerprint density at radius 2 is 2.25 bits per heavy atom. The molecule has 0 aliphatic heterocycles. The maximum atomic E-state index is 11.2. The van der Waals surface area contributed by atoms with E-state index in [9.17, 15) is 9.59 Å². The zero-order valence-corrected chi connectivity index (χ0v) is 7.50. The Morgan fingerprint density at radius 3 is 2.83 bits per heavy atom. The topological polar surface area (TPSA) is 43.4 Å². The zero-order valence-electron chi connectivity index (χ0n) is 7.50. The summed E-state index contributed by atoms with van der Waals surface area (Å²) in [7, 11) is 0. The Bertz CT molecular complexity index is 198. The van der Waals surface area contributed by atoms with E-state index in [-0.39, 0.29) is 11.8 Å². The van der Waals surface area contributed by atoms with Crippen LogP contribution in [0.4, 0.5) is 0 Å². The van der Waals surface area contributed by atoms with Gasteiger partial charge in [0, 0.05) is 13.3 Å². The van der Waals surface area contributed by atoms with Crippen LogP contribution in [0, 0.1) is 5.92 Å². The highest BCUT2D eigenvalue weighted by atomic mass is 16.5. The molecule has 1 aliphatic carbocycles. The fourth-order valence-corrected chi connectivity index (χ4v) is 1.48. The molecule has 12 heavy (non-hydrogen) atoms. The van der Waals surface area contributed by atoms with Gasteiger partial charge in [0.1, 0.15) is 0 Å². The molecule has 1 saturated carbocycles.